The maximum absolute atomic E-state index is 12.4. The molecule has 0 radical (unpaired) electrons. The lowest BCUT2D eigenvalue weighted by Gasteiger charge is -2.23. The molecule has 0 amide bonds. The lowest BCUT2D eigenvalue weighted by molar-refractivity contribution is -0.115. The molecule has 0 aliphatic heterocycles. The first-order chi connectivity index (χ1) is 12.7. The number of carbonyl (C=O) groups is 1. The maximum atomic E-state index is 12.4. The van der Waals surface area contributed by atoms with Gasteiger partial charge in [0.15, 0.2) is 17.3 Å². The number of nitrogens with one attached hydrogen (secondary N) is 1. The number of benzene rings is 2. The standard InChI is InChI=1S/C22H21NO3/c1-25-21-6-4-15(13-22(21)26-2)18-10-17(11-19(24)12-18)14-3-5-20-16(9-14)7-8-23-20/h3-9,11,13,18,23H,10,12H2,1-2H3. The molecule has 1 unspecified atom stereocenters. The van der Waals surface area contributed by atoms with Crippen LogP contribution < -0.4 is 9.47 Å². The average Bonchev–Trinajstić information content (AvgIpc) is 3.14. The number of hydrogen-bond acceptors (Lipinski definition) is 3. The van der Waals surface area contributed by atoms with Crippen molar-refractivity contribution >= 4 is 22.3 Å². The van der Waals surface area contributed by atoms with E-state index >= 15 is 0 Å². The third kappa shape index (κ3) is 2.99. The molecule has 4 rings (SSSR count). The van der Waals surface area contributed by atoms with E-state index in [1.165, 1.54) is 0 Å². The van der Waals surface area contributed by atoms with Gasteiger partial charge in [-0.25, -0.2) is 0 Å². The van der Waals surface area contributed by atoms with Crippen molar-refractivity contribution in [2.75, 3.05) is 14.2 Å². The minimum atomic E-state index is 0.143. The van der Waals surface area contributed by atoms with Crippen molar-refractivity contribution in [1.82, 2.24) is 4.98 Å². The van der Waals surface area contributed by atoms with Gasteiger partial charge in [-0.1, -0.05) is 12.1 Å². The third-order valence-electron chi connectivity index (χ3n) is 5.05. The van der Waals surface area contributed by atoms with E-state index in [0.29, 0.717) is 17.9 Å². The Labute approximate surface area is 152 Å². The summed E-state index contributed by atoms with van der Waals surface area (Å²) in [6, 6.07) is 14.2. The number of ketones is 1. The molecule has 0 bridgehead atoms. The molecule has 4 heteroatoms. The molecule has 1 aliphatic carbocycles. The minimum Gasteiger partial charge on any atom is -0.493 e. The van der Waals surface area contributed by atoms with Crippen LogP contribution in [0.5, 0.6) is 11.5 Å². The van der Waals surface area contributed by atoms with Gasteiger partial charge < -0.3 is 14.5 Å². The molecule has 0 spiro atoms. The first kappa shape index (κ1) is 16.5. The summed E-state index contributed by atoms with van der Waals surface area (Å²) < 4.78 is 10.7. The van der Waals surface area contributed by atoms with Crippen LogP contribution in [0.3, 0.4) is 0 Å². The molecule has 0 saturated carbocycles. The second kappa shape index (κ2) is 6.71. The predicted molar refractivity (Wildman–Crippen MR) is 103 cm³/mol. The van der Waals surface area contributed by atoms with Gasteiger partial charge in [-0.2, -0.15) is 0 Å². The van der Waals surface area contributed by atoms with Crippen LogP contribution in [0.2, 0.25) is 0 Å². The Kier molecular flexibility index (Phi) is 4.25. The van der Waals surface area contributed by atoms with Crippen molar-refractivity contribution in [3.63, 3.8) is 0 Å². The fourth-order valence-electron chi connectivity index (χ4n) is 3.69. The van der Waals surface area contributed by atoms with Crippen LogP contribution in [0.25, 0.3) is 16.5 Å². The van der Waals surface area contributed by atoms with Gasteiger partial charge in [0.25, 0.3) is 0 Å². The Hall–Kier alpha value is -3.01. The predicted octanol–water partition coefficient (Wildman–Crippen LogP) is 4.72. The smallest absolute Gasteiger partial charge is 0.160 e. The number of carbonyl (C=O) groups excluding carboxylic acids is 1. The van der Waals surface area contributed by atoms with Crippen molar-refractivity contribution in [1.29, 1.82) is 0 Å². The van der Waals surface area contributed by atoms with E-state index in [0.717, 1.165) is 34.0 Å². The van der Waals surface area contributed by atoms with Gasteiger partial charge in [0.2, 0.25) is 0 Å². The molecular weight excluding hydrogens is 326 g/mol. The zero-order chi connectivity index (χ0) is 18.1. The minimum absolute atomic E-state index is 0.143. The molecule has 26 heavy (non-hydrogen) atoms. The van der Waals surface area contributed by atoms with E-state index in [9.17, 15) is 4.79 Å². The molecule has 1 aliphatic rings. The van der Waals surface area contributed by atoms with Gasteiger partial charge in [-0.15, -0.1) is 0 Å². The summed E-state index contributed by atoms with van der Waals surface area (Å²) in [6.07, 6.45) is 5.08. The number of H-pyrrole nitrogens is 1. The van der Waals surface area contributed by atoms with E-state index in [1.807, 2.05) is 24.4 Å². The topological polar surface area (TPSA) is 51.3 Å². The summed E-state index contributed by atoms with van der Waals surface area (Å²) in [4.78, 5) is 15.6. The summed E-state index contributed by atoms with van der Waals surface area (Å²) >= 11 is 0. The maximum Gasteiger partial charge on any atom is 0.160 e. The van der Waals surface area contributed by atoms with Gasteiger partial charge in [-0.3, -0.25) is 4.79 Å². The third-order valence-corrected chi connectivity index (χ3v) is 5.05. The molecule has 1 N–H and O–H groups in total. The van der Waals surface area contributed by atoms with Crippen molar-refractivity contribution in [3.05, 3.63) is 65.9 Å². The fourth-order valence-corrected chi connectivity index (χ4v) is 3.69. The summed E-state index contributed by atoms with van der Waals surface area (Å²) in [7, 11) is 3.25. The zero-order valence-electron chi connectivity index (χ0n) is 14.9. The van der Waals surface area contributed by atoms with E-state index in [2.05, 4.69) is 29.2 Å². The number of fused-ring (bicyclic) bond motifs is 1. The summed E-state index contributed by atoms with van der Waals surface area (Å²) in [5, 5.41) is 1.16. The molecule has 1 heterocycles. The van der Waals surface area contributed by atoms with Crippen molar-refractivity contribution in [2.45, 2.75) is 18.8 Å². The lowest BCUT2D eigenvalue weighted by Crippen LogP contribution is -2.12. The number of hydrogen-bond donors (Lipinski definition) is 1. The number of methoxy groups -OCH3 is 2. The van der Waals surface area contributed by atoms with Gasteiger partial charge >= 0.3 is 0 Å². The molecular formula is C22H21NO3. The Morgan fingerprint density at radius 2 is 1.81 bits per heavy atom. The first-order valence-electron chi connectivity index (χ1n) is 8.71. The van der Waals surface area contributed by atoms with Crippen LogP contribution in [-0.2, 0) is 4.79 Å². The highest BCUT2D eigenvalue weighted by molar-refractivity contribution is 6.00. The SMILES string of the molecule is COc1ccc(C2CC(=O)C=C(c3ccc4[nH]ccc4c3)C2)cc1OC. The summed E-state index contributed by atoms with van der Waals surface area (Å²) in [6.45, 7) is 0. The Bertz CT molecular complexity index is 1000. The highest BCUT2D eigenvalue weighted by Gasteiger charge is 2.24. The first-order valence-corrected chi connectivity index (χ1v) is 8.71. The normalized spacial score (nSPS) is 17.2. The highest BCUT2D eigenvalue weighted by atomic mass is 16.5. The number of rotatable bonds is 4. The van der Waals surface area contributed by atoms with E-state index in [-0.39, 0.29) is 11.7 Å². The molecule has 4 nitrogen and oxygen atoms in total. The monoisotopic (exact) mass is 347 g/mol. The van der Waals surface area contributed by atoms with Crippen LogP contribution in [0.4, 0.5) is 0 Å². The van der Waals surface area contributed by atoms with E-state index in [4.69, 9.17) is 9.47 Å². The van der Waals surface area contributed by atoms with Gasteiger partial charge in [0.05, 0.1) is 14.2 Å². The number of allylic oxidation sites excluding steroid dienone is 2. The van der Waals surface area contributed by atoms with Crippen LogP contribution in [0, 0.1) is 0 Å². The Morgan fingerprint density at radius 3 is 2.62 bits per heavy atom. The Balaban J connectivity index is 1.66. The Morgan fingerprint density at radius 1 is 0.962 bits per heavy atom. The zero-order valence-corrected chi connectivity index (χ0v) is 14.9. The van der Waals surface area contributed by atoms with Crippen LogP contribution in [0.15, 0.2) is 54.7 Å². The molecule has 1 atom stereocenters. The highest BCUT2D eigenvalue weighted by Crippen LogP contribution is 2.39. The van der Waals surface area contributed by atoms with Gasteiger partial charge in [-0.05, 0) is 70.8 Å². The molecule has 0 fully saturated rings. The molecule has 3 aromatic rings. The lowest BCUT2D eigenvalue weighted by atomic mass is 9.81. The second-order valence-corrected chi connectivity index (χ2v) is 6.64. The van der Waals surface area contributed by atoms with Crippen molar-refractivity contribution in [3.8, 4) is 11.5 Å². The van der Waals surface area contributed by atoms with E-state index < -0.39 is 0 Å². The van der Waals surface area contributed by atoms with Crippen LogP contribution in [-0.4, -0.2) is 25.0 Å². The van der Waals surface area contributed by atoms with Gasteiger partial charge in [0, 0.05) is 18.1 Å². The molecule has 0 saturated heterocycles. The summed E-state index contributed by atoms with van der Waals surface area (Å²) in [5.41, 5.74) is 4.40. The molecule has 132 valence electrons. The van der Waals surface area contributed by atoms with Crippen molar-refractivity contribution in [2.24, 2.45) is 0 Å². The number of ether oxygens (including phenoxy) is 2. The quantitative estimate of drug-likeness (QED) is 0.743. The van der Waals surface area contributed by atoms with Gasteiger partial charge in [0.1, 0.15) is 0 Å². The molecule has 1 aromatic heterocycles. The number of aromatic amines is 1. The largest absolute Gasteiger partial charge is 0.493 e. The summed E-state index contributed by atoms with van der Waals surface area (Å²) in [5.74, 6) is 1.71. The molecule has 2 aromatic carbocycles. The second-order valence-electron chi connectivity index (χ2n) is 6.64. The number of aromatic nitrogens is 1. The van der Waals surface area contributed by atoms with E-state index in [1.54, 1.807) is 20.3 Å². The average molecular weight is 347 g/mol. The van der Waals surface area contributed by atoms with Crippen LogP contribution >= 0.6 is 0 Å². The fraction of sp³-hybridized carbons (Fsp3) is 0.227. The van der Waals surface area contributed by atoms with Crippen molar-refractivity contribution < 1.29 is 14.3 Å². The van der Waals surface area contributed by atoms with Crippen LogP contribution in [0.1, 0.15) is 29.9 Å².